The summed E-state index contributed by atoms with van der Waals surface area (Å²) in [5.74, 6) is -0.111. The van der Waals surface area contributed by atoms with Crippen molar-refractivity contribution in [3.63, 3.8) is 0 Å². The Labute approximate surface area is 322 Å². The number of hydrogen-bond acceptors (Lipinski definition) is 3. The first-order valence-electron chi connectivity index (χ1n) is 18.8. The molecule has 8 rings (SSSR count). The van der Waals surface area contributed by atoms with Gasteiger partial charge in [-0.25, -0.2) is 4.79 Å². The summed E-state index contributed by atoms with van der Waals surface area (Å²) in [6.07, 6.45) is 9.66. The molecule has 0 saturated carbocycles. The molecule has 1 unspecified atom stereocenters. The van der Waals surface area contributed by atoms with Crippen molar-refractivity contribution in [2.75, 3.05) is 0 Å². The van der Waals surface area contributed by atoms with Crippen molar-refractivity contribution >= 4 is 50.9 Å². The van der Waals surface area contributed by atoms with Gasteiger partial charge in [0.25, 0.3) is 0 Å². The molecule has 6 aromatic carbocycles. The number of allylic oxidation sites excluding steroid dienone is 4. The van der Waals surface area contributed by atoms with E-state index in [0.717, 1.165) is 51.6 Å². The molecule has 1 atom stereocenters. The summed E-state index contributed by atoms with van der Waals surface area (Å²) < 4.78 is 0. The number of fused-ring (bicyclic) bond motifs is 5. The van der Waals surface area contributed by atoms with Crippen LogP contribution in [0.3, 0.4) is 0 Å². The Hall–Kier alpha value is -5.16. The molecule has 0 spiro atoms. The smallest absolute Gasteiger partial charge is 0.335 e. The predicted octanol–water partition coefficient (Wildman–Crippen LogP) is 13.1. The molecule has 2 aliphatic rings. The quantitative estimate of drug-likeness (QED) is 0.153. The largest absolute Gasteiger partial charge is 0.478 e. The first-order valence-corrected chi connectivity index (χ1v) is 19.8. The third-order valence-electron chi connectivity index (χ3n) is 11.2. The van der Waals surface area contributed by atoms with Gasteiger partial charge in [-0.3, -0.25) is 0 Å². The van der Waals surface area contributed by atoms with E-state index in [4.69, 9.17) is 0 Å². The number of benzene rings is 6. The molecule has 0 amide bonds. The van der Waals surface area contributed by atoms with Crippen molar-refractivity contribution < 1.29 is 15.0 Å². The molecule has 0 saturated heterocycles. The Kier molecular flexibility index (Phi) is 9.24. The highest BCUT2D eigenvalue weighted by atomic mass is 32.2. The predicted molar refractivity (Wildman–Crippen MR) is 227 cm³/mol. The zero-order valence-electron chi connectivity index (χ0n) is 31.6. The minimum absolute atomic E-state index is 0.0482. The van der Waals surface area contributed by atoms with Crippen LogP contribution < -0.4 is 0 Å². The van der Waals surface area contributed by atoms with E-state index in [-0.39, 0.29) is 16.4 Å². The molecule has 4 heteroatoms. The standard InChI is InChI=1S/C50H46O3S/c1-31-10-12-33(13-11-31)30-54-44-27-37(26-36-20-22-42-39-24-25-49(2,3)28-38(39)29-50(4,5)47(42)45(36)44)41-21-19-34-8-6-7-9-40(34)46(41)43(51)23-16-32-14-17-35(18-15-32)48(52)53/h6-27,43,51H,28-30H2,1-5H3,(H,52,53). The number of aromatic carboxylic acids is 1. The highest BCUT2D eigenvalue weighted by Gasteiger charge is 2.37. The van der Waals surface area contributed by atoms with Gasteiger partial charge >= 0.3 is 5.97 Å². The Morgan fingerprint density at radius 1 is 0.833 bits per heavy atom. The molecule has 2 N–H and O–H groups in total. The van der Waals surface area contributed by atoms with Gasteiger partial charge in [0.1, 0.15) is 0 Å². The lowest BCUT2D eigenvalue weighted by Crippen LogP contribution is -2.28. The molecule has 0 bridgehead atoms. The fourth-order valence-corrected chi connectivity index (χ4v) is 9.65. The average molecular weight is 727 g/mol. The minimum Gasteiger partial charge on any atom is -0.478 e. The zero-order chi connectivity index (χ0) is 37.8. The van der Waals surface area contributed by atoms with E-state index in [9.17, 15) is 15.0 Å². The summed E-state index contributed by atoms with van der Waals surface area (Å²) >= 11 is 1.90. The highest BCUT2D eigenvalue weighted by Crippen LogP contribution is 2.53. The number of carbonyl (C=O) groups is 1. The molecular weight excluding hydrogens is 681 g/mol. The fraction of sp³-hybridized carbons (Fsp3) is 0.220. The van der Waals surface area contributed by atoms with Crippen molar-refractivity contribution in [2.45, 2.75) is 69.6 Å². The number of carboxylic acids is 1. The maximum absolute atomic E-state index is 12.0. The van der Waals surface area contributed by atoms with E-state index in [0.29, 0.717) is 0 Å². The van der Waals surface area contributed by atoms with Gasteiger partial charge in [0.05, 0.1) is 11.7 Å². The Bertz CT molecular complexity index is 2530. The normalized spacial score (nSPS) is 16.5. The van der Waals surface area contributed by atoms with Crippen molar-refractivity contribution in [3.05, 3.63) is 172 Å². The highest BCUT2D eigenvalue weighted by molar-refractivity contribution is 7.98. The summed E-state index contributed by atoms with van der Waals surface area (Å²) in [6.45, 7) is 11.6. The molecule has 270 valence electrons. The molecule has 0 aliphatic heterocycles. The number of aryl methyl sites for hydroxylation is 1. The molecular formula is C50H46O3S. The lowest BCUT2D eigenvalue weighted by atomic mass is 9.64. The SMILES string of the molecule is Cc1ccc(CSc2cc(-c3ccc4ccccc4c3C(O)C=Cc3ccc(C(=O)O)cc3)cc3ccc4c(c23)C(C)(C)CC2=C4C=CC(C)(C)C2)cc1. The number of aliphatic hydroxyl groups is 1. The van der Waals surface area contributed by atoms with Gasteiger partial charge in [0.2, 0.25) is 0 Å². The number of aliphatic hydroxyl groups excluding tert-OH is 1. The maximum atomic E-state index is 12.0. The molecule has 2 aliphatic carbocycles. The second kappa shape index (κ2) is 13.9. The van der Waals surface area contributed by atoms with E-state index in [1.807, 2.05) is 30.0 Å². The first kappa shape index (κ1) is 35.8. The van der Waals surface area contributed by atoms with Crippen LogP contribution >= 0.6 is 11.8 Å². The third-order valence-corrected chi connectivity index (χ3v) is 12.3. The number of thioether (sulfide) groups is 1. The van der Waals surface area contributed by atoms with Crippen LogP contribution in [0.25, 0.3) is 44.3 Å². The summed E-state index contributed by atoms with van der Waals surface area (Å²) in [4.78, 5) is 12.7. The van der Waals surface area contributed by atoms with Crippen LogP contribution in [-0.4, -0.2) is 16.2 Å². The first-order chi connectivity index (χ1) is 25.9. The summed E-state index contributed by atoms with van der Waals surface area (Å²) in [5.41, 5.74) is 12.4. The van der Waals surface area contributed by atoms with E-state index >= 15 is 0 Å². The van der Waals surface area contributed by atoms with Gasteiger partial charge in [-0.2, -0.15) is 0 Å². The van der Waals surface area contributed by atoms with E-state index in [1.54, 1.807) is 35.9 Å². The Morgan fingerprint density at radius 2 is 1.56 bits per heavy atom. The molecule has 0 aromatic heterocycles. The van der Waals surface area contributed by atoms with Crippen LogP contribution in [0.2, 0.25) is 0 Å². The summed E-state index contributed by atoms with van der Waals surface area (Å²) in [7, 11) is 0. The van der Waals surface area contributed by atoms with Gasteiger partial charge in [-0.15, -0.1) is 11.8 Å². The molecule has 0 heterocycles. The van der Waals surface area contributed by atoms with Gasteiger partial charge in [0, 0.05) is 16.2 Å². The van der Waals surface area contributed by atoms with Crippen LogP contribution in [0.5, 0.6) is 0 Å². The topological polar surface area (TPSA) is 57.5 Å². The number of carboxylic acid groups (broad SMARTS) is 1. The second-order valence-corrected chi connectivity index (χ2v) is 17.4. The van der Waals surface area contributed by atoms with E-state index in [1.165, 1.54) is 43.5 Å². The lowest BCUT2D eigenvalue weighted by Gasteiger charge is -2.40. The second-order valence-electron chi connectivity index (χ2n) is 16.4. The maximum Gasteiger partial charge on any atom is 0.335 e. The third kappa shape index (κ3) is 6.85. The lowest BCUT2D eigenvalue weighted by molar-refractivity contribution is 0.0697. The summed E-state index contributed by atoms with van der Waals surface area (Å²) in [6, 6.07) is 37.4. The molecule has 3 nitrogen and oxygen atoms in total. The van der Waals surface area contributed by atoms with Gasteiger partial charge in [0.15, 0.2) is 0 Å². The minimum atomic E-state index is -0.960. The number of hydrogen-bond donors (Lipinski definition) is 2. The van der Waals surface area contributed by atoms with Crippen molar-refractivity contribution in [1.29, 1.82) is 0 Å². The van der Waals surface area contributed by atoms with E-state index in [2.05, 4.69) is 120 Å². The van der Waals surface area contributed by atoms with Crippen molar-refractivity contribution in [2.24, 2.45) is 5.41 Å². The zero-order valence-corrected chi connectivity index (χ0v) is 32.4. The van der Waals surface area contributed by atoms with Crippen LogP contribution in [0.15, 0.2) is 138 Å². The van der Waals surface area contributed by atoms with Gasteiger partial charge < -0.3 is 10.2 Å². The molecule has 54 heavy (non-hydrogen) atoms. The van der Waals surface area contributed by atoms with Crippen LogP contribution in [0.1, 0.15) is 90.4 Å². The van der Waals surface area contributed by atoms with Crippen molar-refractivity contribution in [3.8, 4) is 11.1 Å². The summed E-state index contributed by atoms with van der Waals surface area (Å²) in [5, 5.41) is 25.9. The number of rotatable bonds is 8. The molecule has 0 fully saturated rings. The van der Waals surface area contributed by atoms with Gasteiger partial charge in [-0.1, -0.05) is 148 Å². The monoisotopic (exact) mass is 726 g/mol. The fourth-order valence-electron chi connectivity index (χ4n) is 8.56. The Balaban J connectivity index is 1.30. The molecule has 0 radical (unpaired) electrons. The Morgan fingerprint density at radius 3 is 2.31 bits per heavy atom. The van der Waals surface area contributed by atoms with E-state index < -0.39 is 12.1 Å². The van der Waals surface area contributed by atoms with Gasteiger partial charge in [-0.05, 0) is 115 Å². The molecule has 6 aromatic rings. The average Bonchev–Trinajstić information content (AvgIpc) is 3.15. The van der Waals surface area contributed by atoms with Crippen LogP contribution in [0.4, 0.5) is 0 Å². The van der Waals surface area contributed by atoms with Crippen molar-refractivity contribution in [1.82, 2.24) is 0 Å². The van der Waals surface area contributed by atoms with Crippen LogP contribution in [-0.2, 0) is 11.2 Å². The van der Waals surface area contributed by atoms with Crippen LogP contribution in [0, 0.1) is 12.3 Å².